The summed E-state index contributed by atoms with van der Waals surface area (Å²) in [6.45, 7) is 1.99. The van der Waals surface area contributed by atoms with Gasteiger partial charge in [-0.05, 0) is 52.7 Å². The lowest BCUT2D eigenvalue weighted by Gasteiger charge is -2.12. The minimum absolute atomic E-state index is 0.236. The number of benzene rings is 2. The lowest BCUT2D eigenvalue weighted by Crippen LogP contribution is -2.12. The Morgan fingerprint density at radius 3 is 2.14 bits per heavy atom. The minimum atomic E-state index is -0.236. The first-order valence-electron chi connectivity index (χ1n) is 6.45. The van der Waals surface area contributed by atoms with Gasteiger partial charge in [0.2, 0.25) is 0 Å². The van der Waals surface area contributed by atoms with Gasteiger partial charge in [0.05, 0.1) is 14.2 Å². The van der Waals surface area contributed by atoms with Gasteiger partial charge in [-0.2, -0.15) is 0 Å². The molecule has 4 nitrogen and oxygen atoms in total. The number of anilines is 1. The molecule has 0 saturated carbocycles. The lowest BCUT2D eigenvalue weighted by atomic mass is 10.1. The first kappa shape index (κ1) is 16.8. The van der Waals surface area contributed by atoms with E-state index in [1.54, 1.807) is 12.1 Å². The summed E-state index contributed by atoms with van der Waals surface area (Å²) < 4.78 is 12.1. The molecule has 1 N–H and O–H groups in total. The molecule has 0 aliphatic carbocycles. The van der Waals surface area contributed by atoms with E-state index in [0.29, 0.717) is 27.2 Å². The molecular weight excluding hydrogens is 414 g/mol. The van der Waals surface area contributed by atoms with Crippen LogP contribution >= 0.6 is 31.9 Å². The van der Waals surface area contributed by atoms with E-state index in [9.17, 15) is 4.79 Å². The number of rotatable bonds is 4. The van der Waals surface area contributed by atoms with Crippen LogP contribution in [0.25, 0.3) is 0 Å². The molecule has 0 aromatic heterocycles. The van der Waals surface area contributed by atoms with Gasteiger partial charge in [-0.25, -0.2) is 0 Å². The third-order valence-electron chi connectivity index (χ3n) is 3.14. The third-order valence-corrected chi connectivity index (χ3v) is 4.77. The summed E-state index contributed by atoms with van der Waals surface area (Å²) in [4.78, 5) is 12.4. The van der Waals surface area contributed by atoms with Gasteiger partial charge in [0.15, 0.2) is 0 Å². The molecule has 0 heterocycles. The van der Waals surface area contributed by atoms with Gasteiger partial charge in [0.1, 0.15) is 16.0 Å². The SMILES string of the molecule is COc1cc(C(=O)Nc2ccc(C)c(Br)c2)cc(OC)c1Br. The van der Waals surface area contributed by atoms with E-state index < -0.39 is 0 Å². The highest BCUT2D eigenvalue weighted by Crippen LogP contribution is 2.35. The highest BCUT2D eigenvalue weighted by Gasteiger charge is 2.15. The minimum Gasteiger partial charge on any atom is -0.495 e. The fraction of sp³-hybridized carbons (Fsp3) is 0.188. The number of aryl methyl sites for hydroxylation is 1. The van der Waals surface area contributed by atoms with Crippen molar-refractivity contribution in [2.75, 3.05) is 19.5 Å². The molecular formula is C16H15Br2NO3. The smallest absolute Gasteiger partial charge is 0.255 e. The summed E-state index contributed by atoms with van der Waals surface area (Å²) in [5.41, 5.74) is 2.27. The second-order valence-corrected chi connectivity index (χ2v) is 6.26. The van der Waals surface area contributed by atoms with Crippen molar-refractivity contribution in [3.63, 3.8) is 0 Å². The second-order valence-electron chi connectivity index (χ2n) is 4.61. The zero-order valence-corrected chi connectivity index (χ0v) is 15.5. The Kier molecular flexibility index (Phi) is 5.47. The molecule has 1 amide bonds. The average molecular weight is 429 g/mol. The van der Waals surface area contributed by atoms with Crippen LogP contribution in [-0.4, -0.2) is 20.1 Å². The van der Waals surface area contributed by atoms with Gasteiger partial charge < -0.3 is 14.8 Å². The Morgan fingerprint density at radius 1 is 1.05 bits per heavy atom. The summed E-state index contributed by atoms with van der Waals surface area (Å²) in [5.74, 6) is 0.837. The molecule has 0 bridgehead atoms. The maximum Gasteiger partial charge on any atom is 0.255 e. The van der Waals surface area contributed by atoms with E-state index in [2.05, 4.69) is 37.2 Å². The van der Waals surface area contributed by atoms with E-state index in [1.807, 2.05) is 25.1 Å². The molecule has 6 heteroatoms. The molecule has 0 aliphatic rings. The molecule has 22 heavy (non-hydrogen) atoms. The molecule has 0 unspecified atom stereocenters. The molecule has 2 rings (SSSR count). The topological polar surface area (TPSA) is 47.6 Å². The average Bonchev–Trinajstić information content (AvgIpc) is 2.51. The fourth-order valence-electron chi connectivity index (χ4n) is 1.87. The van der Waals surface area contributed by atoms with E-state index in [-0.39, 0.29) is 5.91 Å². The number of carbonyl (C=O) groups excluding carboxylic acids is 1. The first-order chi connectivity index (χ1) is 10.5. The van der Waals surface area contributed by atoms with Gasteiger partial charge in [-0.15, -0.1) is 0 Å². The Hall–Kier alpha value is -1.53. The molecule has 2 aromatic carbocycles. The van der Waals surface area contributed by atoms with Crippen molar-refractivity contribution in [1.82, 2.24) is 0 Å². The number of carbonyl (C=O) groups is 1. The number of hydrogen-bond acceptors (Lipinski definition) is 3. The summed E-state index contributed by atoms with van der Waals surface area (Å²) in [6, 6.07) is 8.96. The first-order valence-corrected chi connectivity index (χ1v) is 8.04. The summed E-state index contributed by atoms with van der Waals surface area (Å²) in [5, 5.41) is 2.85. The summed E-state index contributed by atoms with van der Waals surface area (Å²) >= 11 is 6.83. The third kappa shape index (κ3) is 3.62. The molecule has 0 atom stereocenters. The number of methoxy groups -OCH3 is 2. The maximum atomic E-state index is 12.4. The summed E-state index contributed by atoms with van der Waals surface area (Å²) in [7, 11) is 3.08. The molecule has 0 radical (unpaired) electrons. The van der Waals surface area contributed by atoms with Crippen LogP contribution in [0.3, 0.4) is 0 Å². The van der Waals surface area contributed by atoms with Crippen molar-refractivity contribution in [3.8, 4) is 11.5 Å². The number of nitrogens with one attached hydrogen (secondary N) is 1. The van der Waals surface area contributed by atoms with Gasteiger partial charge in [0.25, 0.3) is 5.91 Å². The highest BCUT2D eigenvalue weighted by molar-refractivity contribution is 9.11. The molecule has 0 aliphatic heterocycles. The van der Waals surface area contributed by atoms with Crippen LogP contribution in [-0.2, 0) is 0 Å². The second kappa shape index (κ2) is 7.15. The van der Waals surface area contributed by atoms with Crippen molar-refractivity contribution in [2.24, 2.45) is 0 Å². The molecule has 116 valence electrons. The van der Waals surface area contributed by atoms with Gasteiger partial charge >= 0.3 is 0 Å². The van der Waals surface area contributed by atoms with Crippen molar-refractivity contribution >= 4 is 43.5 Å². The van der Waals surface area contributed by atoms with Crippen LogP contribution in [0.4, 0.5) is 5.69 Å². The number of ether oxygens (including phenoxy) is 2. The number of amides is 1. The van der Waals surface area contributed by atoms with Crippen LogP contribution in [0.15, 0.2) is 39.3 Å². The largest absolute Gasteiger partial charge is 0.495 e. The van der Waals surface area contributed by atoms with E-state index in [4.69, 9.17) is 9.47 Å². The quantitative estimate of drug-likeness (QED) is 0.761. The monoisotopic (exact) mass is 427 g/mol. The lowest BCUT2D eigenvalue weighted by molar-refractivity contribution is 0.102. The van der Waals surface area contributed by atoms with Gasteiger partial charge in [-0.1, -0.05) is 22.0 Å². The van der Waals surface area contributed by atoms with Crippen LogP contribution in [0.2, 0.25) is 0 Å². The van der Waals surface area contributed by atoms with Gasteiger partial charge in [0, 0.05) is 15.7 Å². The Bertz CT molecular complexity index is 692. The van der Waals surface area contributed by atoms with E-state index in [0.717, 1.165) is 10.0 Å². The highest BCUT2D eigenvalue weighted by atomic mass is 79.9. The number of halogens is 2. The van der Waals surface area contributed by atoms with Crippen LogP contribution < -0.4 is 14.8 Å². The molecule has 0 spiro atoms. The van der Waals surface area contributed by atoms with Crippen LogP contribution in [0, 0.1) is 6.92 Å². The normalized spacial score (nSPS) is 10.2. The predicted molar refractivity (Wildman–Crippen MR) is 94.1 cm³/mol. The molecule has 0 fully saturated rings. The van der Waals surface area contributed by atoms with Crippen molar-refractivity contribution in [1.29, 1.82) is 0 Å². The van der Waals surface area contributed by atoms with Crippen molar-refractivity contribution < 1.29 is 14.3 Å². The Labute approximate surface area is 146 Å². The Morgan fingerprint density at radius 2 is 1.64 bits per heavy atom. The van der Waals surface area contributed by atoms with Crippen LogP contribution in [0.5, 0.6) is 11.5 Å². The van der Waals surface area contributed by atoms with Crippen molar-refractivity contribution in [3.05, 3.63) is 50.4 Å². The Balaban J connectivity index is 2.31. The maximum absolute atomic E-state index is 12.4. The van der Waals surface area contributed by atoms with E-state index in [1.165, 1.54) is 14.2 Å². The van der Waals surface area contributed by atoms with Crippen LogP contribution in [0.1, 0.15) is 15.9 Å². The summed E-state index contributed by atoms with van der Waals surface area (Å²) in [6.07, 6.45) is 0. The zero-order valence-electron chi connectivity index (χ0n) is 12.4. The van der Waals surface area contributed by atoms with Gasteiger partial charge in [-0.3, -0.25) is 4.79 Å². The van der Waals surface area contributed by atoms with E-state index >= 15 is 0 Å². The zero-order chi connectivity index (χ0) is 16.3. The predicted octanol–water partition coefficient (Wildman–Crippen LogP) is 4.79. The molecule has 2 aromatic rings. The van der Waals surface area contributed by atoms with Crippen molar-refractivity contribution in [2.45, 2.75) is 6.92 Å². The number of hydrogen-bond donors (Lipinski definition) is 1. The fourth-order valence-corrected chi connectivity index (χ4v) is 2.81. The molecule has 0 saturated heterocycles. The standard InChI is InChI=1S/C16H15Br2NO3/c1-9-4-5-11(8-12(9)17)19-16(20)10-6-13(21-2)15(18)14(7-10)22-3/h4-8H,1-3H3,(H,19,20).